The van der Waals surface area contributed by atoms with E-state index in [2.05, 4.69) is 48.1 Å². The molecule has 0 aliphatic carbocycles. The molecule has 1 heterocycles. The lowest BCUT2D eigenvalue weighted by molar-refractivity contribution is 0.136. The SMILES string of the molecule is CCNC(CCOCC)Cc1ccn(C(C)CC)n1. The molecule has 110 valence electrons. The molecule has 0 bridgehead atoms. The highest BCUT2D eigenvalue weighted by atomic mass is 16.5. The molecule has 0 saturated heterocycles. The number of nitrogens with zero attached hydrogens (tertiary/aromatic N) is 2. The fourth-order valence-corrected chi connectivity index (χ4v) is 2.11. The molecule has 0 aliphatic rings. The van der Waals surface area contributed by atoms with Crippen molar-refractivity contribution in [3.8, 4) is 0 Å². The van der Waals surface area contributed by atoms with Crippen LogP contribution in [0.1, 0.15) is 52.3 Å². The molecule has 0 radical (unpaired) electrons. The summed E-state index contributed by atoms with van der Waals surface area (Å²) in [5.74, 6) is 0. The lowest BCUT2D eigenvalue weighted by Crippen LogP contribution is -2.32. The molecule has 0 spiro atoms. The summed E-state index contributed by atoms with van der Waals surface area (Å²) >= 11 is 0. The first-order chi connectivity index (χ1) is 9.21. The van der Waals surface area contributed by atoms with Gasteiger partial charge in [0, 0.05) is 37.9 Å². The van der Waals surface area contributed by atoms with Crippen LogP contribution in [0.5, 0.6) is 0 Å². The molecule has 0 aliphatic heterocycles. The average molecular weight is 267 g/mol. The molecule has 2 atom stereocenters. The molecule has 19 heavy (non-hydrogen) atoms. The van der Waals surface area contributed by atoms with Crippen LogP contribution in [0.15, 0.2) is 12.3 Å². The van der Waals surface area contributed by atoms with Gasteiger partial charge in [-0.05, 0) is 39.3 Å². The van der Waals surface area contributed by atoms with E-state index in [9.17, 15) is 0 Å². The average Bonchev–Trinajstić information content (AvgIpc) is 2.87. The molecule has 4 nitrogen and oxygen atoms in total. The van der Waals surface area contributed by atoms with Crippen LogP contribution < -0.4 is 5.32 Å². The van der Waals surface area contributed by atoms with Crippen LogP contribution in [0.3, 0.4) is 0 Å². The van der Waals surface area contributed by atoms with Crippen molar-refractivity contribution in [1.82, 2.24) is 15.1 Å². The summed E-state index contributed by atoms with van der Waals surface area (Å²) in [5, 5.41) is 8.18. The Kier molecular flexibility index (Phi) is 7.75. The van der Waals surface area contributed by atoms with E-state index in [0.29, 0.717) is 12.1 Å². The van der Waals surface area contributed by atoms with E-state index >= 15 is 0 Å². The first-order valence-electron chi connectivity index (χ1n) is 7.56. The Bertz CT molecular complexity index is 338. The Morgan fingerprint density at radius 2 is 2.16 bits per heavy atom. The number of ether oxygens (including phenoxy) is 1. The summed E-state index contributed by atoms with van der Waals surface area (Å²) in [7, 11) is 0. The van der Waals surface area contributed by atoms with E-state index in [1.807, 2.05) is 6.92 Å². The van der Waals surface area contributed by atoms with Crippen molar-refractivity contribution in [2.24, 2.45) is 0 Å². The normalized spacial score (nSPS) is 14.5. The summed E-state index contributed by atoms with van der Waals surface area (Å²) in [4.78, 5) is 0. The third kappa shape index (κ3) is 5.74. The van der Waals surface area contributed by atoms with Gasteiger partial charge in [-0.3, -0.25) is 4.68 Å². The molecule has 1 rings (SSSR count). The third-order valence-electron chi connectivity index (χ3n) is 3.47. The molecule has 0 aromatic carbocycles. The number of nitrogens with one attached hydrogen (secondary N) is 1. The van der Waals surface area contributed by atoms with Gasteiger partial charge in [-0.15, -0.1) is 0 Å². The number of hydrogen-bond acceptors (Lipinski definition) is 3. The third-order valence-corrected chi connectivity index (χ3v) is 3.47. The van der Waals surface area contributed by atoms with E-state index in [1.165, 1.54) is 5.69 Å². The molecular weight excluding hydrogens is 238 g/mol. The maximum Gasteiger partial charge on any atom is 0.0640 e. The van der Waals surface area contributed by atoms with Crippen molar-refractivity contribution >= 4 is 0 Å². The lowest BCUT2D eigenvalue weighted by Gasteiger charge is -2.16. The Morgan fingerprint density at radius 1 is 1.37 bits per heavy atom. The largest absolute Gasteiger partial charge is 0.382 e. The van der Waals surface area contributed by atoms with Crippen molar-refractivity contribution < 1.29 is 4.74 Å². The van der Waals surface area contributed by atoms with Gasteiger partial charge in [-0.1, -0.05) is 13.8 Å². The zero-order valence-electron chi connectivity index (χ0n) is 12.9. The summed E-state index contributed by atoms with van der Waals surface area (Å²) in [5.41, 5.74) is 1.17. The second-order valence-electron chi connectivity index (χ2n) is 4.99. The fourth-order valence-electron chi connectivity index (χ4n) is 2.11. The Morgan fingerprint density at radius 3 is 2.79 bits per heavy atom. The van der Waals surface area contributed by atoms with Crippen LogP contribution in [-0.2, 0) is 11.2 Å². The zero-order chi connectivity index (χ0) is 14.1. The molecule has 4 heteroatoms. The van der Waals surface area contributed by atoms with Crippen molar-refractivity contribution in [3.05, 3.63) is 18.0 Å². The van der Waals surface area contributed by atoms with Gasteiger partial charge in [0.15, 0.2) is 0 Å². The molecule has 1 aromatic heterocycles. The number of rotatable bonds is 10. The van der Waals surface area contributed by atoms with Gasteiger partial charge in [-0.25, -0.2) is 0 Å². The fraction of sp³-hybridized carbons (Fsp3) is 0.800. The van der Waals surface area contributed by atoms with E-state index in [0.717, 1.165) is 39.0 Å². The summed E-state index contributed by atoms with van der Waals surface area (Å²) in [6, 6.07) is 3.07. The van der Waals surface area contributed by atoms with Gasteiger partial charge in [0.1, 0.15) is 0 Å². The topological polar surface area (TPSA) is 39.1 Å². The Balaban J connectivity index is 2.50. The maximum atomic E-state index is 5.44. The van der Waals surface area contributed by atoms with Gasteiger partial charge >= 0.3 is 0 Å². The highest BCUT2D eigenvalue weighted by Gasteiger charge is 2.11. The predicted molar refractivity (Wildman–Crippen MR) is 79.5 cm³/mol. The Labute approximate surface area is 117 Å². The standard InChI is InChI=1S/C15H29N3O/c1-5-13(4)18-10-8-15(17-18)12-14(16-6-2)9-11-19-7-3/h8,10,13-14,16H,5-7,9,11-12H2,1-4H3. The van der Waals surface area contributed by atoms with Gasteiger partial charge < -0.3 is 10.1 Å². The van der Waals surface area contributed by atoms with Gasteiger partial charge in [0.05, 0.1) is 5.69 Å². The van der Waals surface area contributed by atoms with Crippen LogP contribution >= 0.6 is 0 Å². The van der Waals surface area contributed by atoms with E-state index in [-0.39, 0.29) is 0 Å². The molecule has 0 fully saturated rings. The van der Waals surface area contributed by atoms with E-state index in [4.69, 9.17) is 4.74 Å². The zero-order valence-corrected chi connectivity index (χ0v) is 12.9. The minimum atomic E-state index is 0.455. The minimum absolute atomic E-state index is 0.455. The van der Waals surface area contributed by atoms with Crippen molar-refractivity contribution in [3.63, 3.8) is 0 Å². The van der Waals surface area contributed by atoms with Crippen molar-refractivity contribution in [2.75, 3.05) is 19.8 Å². The van der Waals surface area contributed by atoms with Crippen molar-refractivity contribution in [1.29, 1.82) is 0 Å². The molecule has 2 unspecified atom stereocenters. The van der Waals surface area contributed by atoms with Crippen molar-refractivity contribution in [2.45, 2.75) is 59.0 Å². The maximum absolute atomic E-state index is 5.44. The molecular formula is C15H29N3O. The summed E-state index contributed by atoms with van der Waals surface area (Å²) < 4.78 is 7.51. The van der Waals surface area contributed by atoms with E-state index < -0.39 is 0 Å². The second-order valence-corrected chi connectivity index (χ2v) is 4.99. The minimum Gasteiger partial charge on any atom is -0.382 e. The first-order valence-corrected chi connectivity index (χ1v) is 7.56. The number of aromatic nitrogens is 2. The van der Waals surface area contributed by atoms with Crippen LogP contribution in [0.2, 0.25) is 0 Å². The van der Waals surface area contributed by atoms with Crippen LogP contribution in [0.25, 0.3) is 0 Å². The van der Waals surface area contributed by atoms with Crippen LogP contribution in [0.4, 0.5) is 0 Å². The monoisotopic (exact) mass is 267 g/mol. The van der Waals surface area contributed by atoms with E-state index in [1.54, 1.807) is 0 Å². The highest BCUT2D eigenvalue weighted by molar-refractivity contribution is 5.02. The predicted octanol–water partition coefficient (Wildman–Crippen LogP) is 2.80. The molecule has 1 N–H and O–H groups in total. The second kappa shape index (κ2) is 9.10. The Hall–Kier alpha value is -0.870. The van der Waals surface area contributed by atoms with Gasteiger partial charge in [0.25, 0.3) is 0 Å². The highest BCUT2D eigenvalue weighted by Crippen LogP contribution is 2.11. The summed E-state index contributed by atoms with van der Waals surface area (Å²) in [6.45, 7) is 11.2. The molecule has 0 amide bonds. The van der Waals surface area contributed by atoms with Crippen LogP contribution in [0, 0.1) is 0 Å². The summed E-state index contributed by atoms with van der Waals surface area (Å²) in [6.07, 6.45) is 5.22. The molecule has 0 saturated carbocycles. The number of likely N-dealkylation sites (N-methyl/N-ethyl adjacent to an activating group) is 1. The smallest absolute Gasteiger partial charge is 0.0640 e. The first kappa shape index (κ1) is 16.2. The lowest BCUT2D eigenvalue weighted by atomic mass is 10.1. The van der Waals surface area contributed by atoms with Gasteiger partial charge in [0.2, 0.25) is 0 Å². The van der Waals surface area contributed by atoms with Crippen LogP contribution in [-0.4, -0.2) is 35.6 Å². The number of hydrogen-bond donors (Lipinski definition) is 1. The van der Waals surface area contributed by atoms with Gasteiger partial charge in [-0.2, -0.15) is 5.10 Å². The quantitative estimate of drug-likeness (QED) is 0.663. The molecule has 1 aromatic rings.